The molecule has 1 unspecified atom stereocenters. The Morgan fingerprint density at radius 1 is 1.42 bits per heavy atom. The van der Waals surface area contributed by atoms with Crippen molar-refractivity contribution < 1.29 is 13.2 Å². The van der Waals surface area contributed by atoms with Crippen LogP contribution in [0.1, 0.15) is 19.3 Å². The molecule has 110 valence electrons. The molecule has 7 heteroatoms. The fraction of sp³-hybridized carbons (Fsp3) is 0.917. The zero-order valence-electron chi connectivity index (χ0n) is 11.4. The van der Waals surface area contributed by atoms with Gasteiger partial charge in [0.05, 0.1) is 11.5 Å². The second-order valence-corrected chi connectivity index (χ2v) is 7.76. The summed E-state index contributed by atoms with van der Waals surface area (Å²) in [5.41, 5.74) is 0. The molecule has 1 aliphatic heterocycles. The standard InChI is InChI=1S/C12H23N3O3S/c1-15(11-2-3-11)6-4-14-12(16)8-10-9-19(17,18)7-5-13-10/h10-11,13H,2-9H2,1H3,(H,14,16). The van der Waals surface area contributed by atoms with E-state index in [1.165, 1.54) is 12.8 Å². The van der Waals surface area contributed by atoms with E-state index in [1.807, 2.05) is 0 Å². The molecule has 0 bridgehead atoms. The summed E-state index contributed by atoms with van der Waals surface area (Å²) >= 11 is 0. The third kappa shape index (κ3) is 5.08. The lowest BCUT2D eigenvalue weighted by Gasteiger charge is -2.23. The highest BCUT2D eigenvalue weighted by Crippen LogP contribution is 2.24. The number of carbonyl (C=O) groups is 1. The predicted molar refractivity (Wildman–Crippen MR) is 73.7 cm³/mol. The van der Waals surface area contributed by atoms with Gasteiger partial charge in [-0.2, -0.15) is 0 Å². The number of nitrogens with zero attached hydrogens (tertiary/aromatic N) is 1. The maximum atomic E-state index is 11.7. The van der Waals surface area contributed by atoms with Gasteiger partial charge in [0, 0.05) is 38.1 Å². The molecule has 1 saturated heterocycles. The van der Waals surface area contributed by atoms with Crippen LogP contribution in [0.4, 0.5) is 0 Å². The van der Waals surface area contributed by atoms with Crippen LogP contribution in [0, 0.1) is 0 Å². The molecular formula is C12H23N3O3S. The maximum Gasteiger partial charge on any atom is 0.221 e. The van der Waals surface area contributed by atoms with Gasteiger partial charge in [0.15, 0.2) is 9.84 Å². The van der Waals surface area contributed by atoms with Crippen LogP contribution in [0.25, 0.3) is 0 Å². The molecule has 0 spiro atoms. The Bertz CT molecular complexity index is 420. The first-order valence-corrected chi connectivity index (χ1v) is 8.69. The van der Waals surface area contributed by atoms with Gasteiger partial charge in [-0.05, 0) is 19.9 Å². The SMILES string of the molecule is CN(CCNC(=O)CC1CS(=O)(=O)CCN1)C1CC1. The van der Waals surface area contributed by atoms with Crippen molar-refractivity contribution in [1.29, 1.82) is 0 Å². The average Bonchev–Trinajstić information content (AvgIpc) is 3.10. The molecule has 1 atom stereocenters. The summed E-state index contributed by atoms with van der Waals surface area (Å²) < 4.78 is 22.9. The zero-order chi connectivity index (χ0) is 13.9. The quantitative estimate of drug-likeness (QED) is 0.654. The highest BCUT2D eigenvalue weighted by atomic mass is 32.2. The van der Waals surface area contributed by atoms with Gasteiger partial charge in [-0.15, -0.1) is 0 Å². The fourth-order valence-electron chi connectivity index (χ4n) is 2.36. The first-order chi connectivity index (χ1) is 8.96. The highest BCUT2D eigenvalue weighted by Gasteiger charge is 2.27. The molecule has 0 aromatic heterocycles. The lowest BCUT2D eigenvalue weighted by molar-refractivity contribution is -0.121. The van der Waals surface area contributed by atoms with E-state index in [9.17, 15) is 13.2 Å². The minimum Gasteiger partial charge on any atom is -0.355 e. The van der Waals surface area contributed by atoms with E-state index >= 15 is 0 Å². The maximum absolute atomic E-state index is 11.7. The second-order valence-electron chi connectivity index (χ2n) is 5.53. The minimum atomic E-state index is -2.97. The number of nitrogens with one attached hydrogen (secondary N) is 2. The van der Waals surface area contributed by atoms with Gasteiger partial charge in [-0.3, -0.25) is 4.79 Å². The van der Waals surface area contributed by atoms with Crippen molar-refractivity contribution in [3.8, 4) is 0 Å². The first kappa shape index (κ1) is 14.7. The largest absolute Gasteiger partial charge is 0.355 e. The fourth-order valence-corrected chi connectivity index (χ4v) is 3.81. The van der Waals surface area contributed by atoms with Crippen LogP contribution < -0.4 is 10.6 Å². The van der Waals surface area contributed by atoms with Gasteiger partial charge in [0.2, 0.25) is 5.91 Å². The van der Waals surface area contributed by atoms with Crippen molar-refractivity contribution in [1.82, 2.24) is 15.5 Å². The van der Waals surface area contributed by atoms with Gasteiger partial charge >= 0.3 is 0 Å². The summed E-state index contributed by atoms with van der Waals surface area (Å²) in [5.74, 6) is 0.179. The lowest BCUT2D eigenvalue weighted by Crippen LogP contribution is -2.47. The van der Waals surface area contributed by atoms with Crippen LogP contribution in [0.5, 0.6) is 0 Å². The molecule has 1 heterocycles. The van der Waals surface area contributed by atoms with E-state index in [-0.39, 0.29) is 29.9 Å². The van der Waals surface area contributed by atoms with Crippen molar-refractivity contribution in [2.75, 3.05) is 38.2 Å². The van der Waals surface area contributed by atoms with Crippen LogP contribution in [-0.4, -0.2) is 69.5 Å². The molecule has 2 rings (SSSR count). The topological polar surface area (TPSA) is 78.5 Å². The Morgan fingerprint density at radius 3 is 2.79 bits per heavy atom. The summed E-state index contributed by atoms with van der Waals surface area (Å²) in [4.78, 5) is 14.0. The van der Waals surface area contributed by atoms with Gasteiger partial charge in [0.1, 0.15) is 0 Å². The van der Waals surface area contributed by atoms with Crippen LogP contribution in [0.3, 0.4) is 0 Å². The number of amides is 1. The van der Waals surface area contributed by atoms with E-state index in [0.717, 1.165) is 6.54 Å². The molecule has 0 aromatic rings. The second kappa shape index (κ2) is 6.19. The number of likely N-dealkylation sites (N-methyl/N-ethyl adjacent to an activating group) is 1. The van der Waals surface area contributed by atoms with Crippen molar-refractivity contribution in [3.05, 3.63) is 0 Å². The monoisotopic (exact) mass is 289 g/mol. The summed E-state index contributed by atoms with van der Waals surface area (Å²) in [6, 6.07) is 0.460. The van der Waals surface area contributed by atoms with E-state index in [2.05, 4.69) is 22.6 Å². The molecule has 1 amide bonds. The van der Waals surface area contributed by atoms with Gasteiger partial charge in [-0.25, -0.2) is 8.42 Å². The Labute approximate surface area is 114 Å². The lowest BCUT2D eigenvalue weighted by atomic mass is 10.2. The Kier molecular flexibility index (Phi) is 4.81. The molecule has 2 fully saturated rings. The van der Waals surface area contributed by atoms with E-state index in [1.54, 1.807) is 0 Å². The summed E-state index contributed by atoms with van der Waals surface area (Å²) in [6.45, 7) is 1.93. The third-order valence-electron chi connectivity index (χ3n) is 3.69. The van der Waals surface area contributed by atoms with E-state index in [4.69, 9.17) is 0 Å². The Hall–Kier alpha value is -0.660. The molecule has 19 heavy (non-hydrogen) atoms. The van der Waals surface area contributed by atoms with Crippen molar-refractivity contribution in [2.45, 2.75) is 31.3 Å². The number of hydrogen-bond donors (Lipinski definition) is 2. The molecule has 2 N–H and O–H groups in total. The predicted octanol–water partition coefficient (Wildman–Crippen LogP) is -1.03. The van der Waals surface area contributed by atoms with Gasteiger partial charge in [-0.1, -0.05) is 0 Å². The zero-order valence-corrected chi connectivity index (χ0v) is 12.2. The molecule has 1 saturated carbocycles. The van der Waals surface area contributed by atoms with Crippen LogP contribution in [0.15, 0.2) is 0 Å². The number of carbonyl (C=O) groups excluding carboxylic acids is 1. The third-order valence-corrected chi connectivity index (χ3v) is 5.43. The van der Waals surface area contributed by atoms with Crippen molar-refractivity contribution >= 4 is 15.7 Å². The molecule has 0 aromatic carbocycles. The molecule has 1 aliphatic carbocycles. The molecular weight excluding hydrogens is 266 g/mol. The highest BCUT2D eigenvalue weighted by molar-refractivity contribution is 7.91. The molecule has 2 aliphatic rings. The Morgan fingerprint density at radius 2 is 2.16 bits per heavy atom. The van der Waals surface area contributed by atoms with Crippen LogP contribution in [0.2, 0.25) is 0 Å². The van der Waals surface area contributed by atoms with E-state index in [0.29, 0.717) is 19.1 Å². The van der Waals surface area contributed by atoms with E-state index < -0.39 is 9.84 Å². The smallest absolute Gasteiger partial charge is 0.221 e. The Balaban J connectivity index is 1.63. The number of rotatable bonds is 6. The molecule has 6 nitrogen and oxygen atoms in total. The number of sulfone groups is 1. The summed E-state index contributed by atoms with van der Waals surface area (Å²) in [7, 11) is -0.897. The van der Waals surface area contributed by atoms with Crippen molar-refractivity contribution in [3.63, 3.8) is 0 Å². The van der Waals surface area contributed by atoms with Crippen LogP contribution in [-0.2, 0) is 14.6 Å². The summed E-state index contributed by atoms with van der Waals surface area (Å²) in [6.07, 6.45) is 2.76. The number of hydrogen-bond acceptors (Lipinski definition) is 5. The average molecular weight is 289 g/mol. The van der Waals surface area contributed by atoms with Gasteiger partial charge in [0.25, 0.3) is 0 Å². The molecule has 0 radical (unpaired) electrons. The normalized spacial score (nSPS) is 26.3. The van der Waals surface area contributed by atoms with Gasteiger partial charge < -0.3 is 15.5 Å². The minimum absolute atomic E-state index is 0.0706. The first-order valence-electron chi connectivity index (χ1n) is 6.87. The summed E-state index contributed by atoms with van der Waals surface area (Å²) in [5, 5.41) is 5.94. The van der Waals surface area contributed by atoms with Crippen molar-refractivity contribution in [2.24, 2.45) is 0 Å². The van der Waals surface area contributed by atoms with Crippen LogP contribution >= 0.6 is 0 Å².